The van der Waals surface area contributed by atoms with E-state index < -0.39 is 0 Å². The maximum atomic E-state index is 12.2. The minimum absolute atomic E-state index is 0.164. The lowest BCUT2D eigenvalue weighted by Gasteiger charge is -2.18. The van der Waals surface area contributed by atoms with Crippen LogP contribution in [0.1, 0.15) is 96.8 Å². The molecule has 1 unspecified atom stereocenters. The van der Waals surface area contributed by atoms with E-state index in [0.717, 1.165) is 12.8 Å². The fraction of sp³-hybridized carbons (Fsp3) is 0.966. The predicted octanol–water partition coefficient (Wildman–Crippen LogP) is 5.49. The molecule has 0 amide bonds. The highest BCUT2D eigenvalue weighted by molar-refractivity contribution is 5.69. The third-order valence-corrected chi connectivity index (χ3v) is 6.29. The minimum Gasteiger partial charge on any atom is -0.463 e. The van der Waals surface area contributed by atoms with Crippen molar-refractivity contribution >= 4 is 5.97 Å². The summed E-state index contributed by atoms with van der Waals surface area (Å²) in [6, 6.07) is 0. The SMILES string of the molecule is CCCCCCCCCCCCCCCC(=O)OCC1COCCOCCOCCOCCOCCO1. The van der Waals surface area contributed by atoms with Gasteiger partial charge in [-0.05, 0) is 6.42 Å². The Morgan fingerprint density at radius 2 is 0.973 bits per heavy atom. The fourth-order valence-corrected chi connectivity index (χ4v) is 4.06. The van der Waals surface area contributed by atoms with E-state index in [-0.39, 0.29) is 18.7 Å². The van der Waals surface area contributed by atoms with Crippen molar-refractivity contribution in [1.82, 2.24) is 0 Å². The summed E-state index contributed by atoms with van der Waals surface area (Å²) in [7, 11) is 0. The summed E-state index contributed by atoms with van der Waals surface area (Å²) in [5, 5.41) is 0. The third kappa shape index (κ3) is 25.3. The number of hydrogen-bond donors (Lipinski definition) is 0. The van der Waals surface area contributed by atoms with Crippen molar-refractivity contribution in [1.29, 1.82) is 0 Å². The first kappa shape index (κ1) is 34.3. The molecule has 1 atom stereocenters. The van der Waals surface area contributed by atoms with Crippen LogP contribution in [-0.2, 0) is 38.0 Å². The minimum atomic E-state index is -0.322. The predicted molar refractivity (Wildman–Crippen MR) is 145 cm³/mol. The fourth-order valence-electron chi connectivity index (χ4n) is 4.06. The number of ether oxygens (including phenoxy) is 7. The largest absolute Gasteiger partial charge is 0.463 e. The lowest BCUT2D eigenvalue weighted by molar-refractivity contribution is -0.151. The van der Waals surface area contributed by atoms with Crippen molar-refractivity contribution < 1.29 is 38.0 Å². The topological polar surface area (TPSA) is 81.7 Å². The molecule has 220 valence electrons. The molecule has 1 rings (SSSR count). The first-order valence-electron chi connectivity index (χ1n) is 15.0. The molecule has 0 aromatic rings. The van der Waals surface area contributed by atoms with Crippen LogP contribution in [0.25, 0.3) is 0 Å². The molecule has 37 heavy (non-hydrogen) atoms. The number of carbonyl (C=O) groups is 1. The molecular weight excluding hydrogens is 476 g/mol. The molecule has 0 aromatic carbocycles. The number of hydrogen-bond acceptors (Lipinski definition) is 8. The molecule has 0 aliphatic carbocycles. The molecule has 8 heteroatoms. The van der Waals surface area contributed by atoms with Crippen molar-refractivity contribution in [3.63, 3.8) is 0 Å². The van der Waals surface area contributed by atoms with E-state index in [0.29, 0.717) is 79.1 Å². The van der Waals surface area contributed by atoms with Gasteiger partial charge in [-0.2, -0.15) is 0 Å². The smallest absolute Gasteiger partial charge is 0.305 e. The summed E-state index contributed by atoms with van der Waals surface area (Å²) < 4.78 is 38.9. The van der Waals surface area contributed by atoms with Crippen LogP contribution in [0, 0.1) is 0 Å². The van der Waals surface area contributed by atoms with Crippen LogP contribution < -0.4 is 0 Å². The van der Waals surface area contributed by atoms with E-state index in [9.17, 15) is 4.79 Å². The van der Waals surface area contributed by atoms with Crippen LogP contribution in [0.5, 0.6) is 0 Å². The second kappa shape index (κ2) is 28.2. The van der Waals surface area contributed by atoms with Gasteiger partial charge in [0.05, 0.1) is 72.7 Å². The highest BCUT2D eigenvalue weighted by Crippen LogP contribution is 2.13. The molecule has 8 nitrogen and oxygen atoms in total. The van der Waals surface area contributed by atoms with Crippen molar-refractivity contribution in [3.05, 3.63) is 0 Å². The monoisotopic (exact) mass is 532 g/mol. The van der Waals surface area contributed by atoms with Crippen molar-refractivity contribution in [2.75, 3.05) is 79.3 Å². The molecule has 1 saturated heterocycles. The van der Waals surface area contributed by atoms with E-state index in [1.54, 1.807) is 0 Å². The lowest BCUT2D eigenvalue weighted by atomic mass is 10.0. The summed E-state index contributed by atoms with van der Waals surface area (Å²) >= 11 is 0. The highest BCUT2D eigenvalue weighted by atomic mass is 16.6. The van der Waals surface area contributed by atoms with Gasteiger partial charge in [0.1, 0.15) is 12.7 Å². The zero-order chi connectivity index (χ0) is 26.5. The van der Waals surface area contributed by atoms with Gasteiger partial charge in [-0.15, -0.1) is 0 Å². The van der Waals surface area contributed by atoms with Crippen LogP contribution in [0.4, 0.5) is 0 Å². The molecule has 0 radical (unpaired) electrons. The molecule has 1 fully saturated rings. The second-order valence-corrected chi connectivity index (χ2v) is 9.69. The Bertz CT molecular complexity index is 459. The van der Waals surface area contributed by atoms with E-state index in [1.807, 2.05) is 0 Å². The average molecular weight is 533 g/mol. The van der Waals surface area contributed by atoms with Gasteiger partial charge < -0.3 is 33.2 Å². The molecule has 1 heterocycles. The highest BCUT2D eigenvalue weighted by Gasteiger charge is 2.13. The number of carbonyl (C=O) groups excluding carboxylic acids is 1. The molecule has 0 bridgehead atoms. The van der Waals surface area contributed by atoms with Gasteiger partial charge in [-0.25, -0.2) is 0 Å². The lowest BCUT2D eigenvalue weighted by Crippen LogP contribution is -2.29. The van der Waals surface area contributed by atoms with Crippen molar-refractivity contribution in [2.45, 2.75) is 103 Å². The Balaban J connectivity index is 2.06. The summed E-state index contributed by atoms with van der Waals surface area (Å²) in [6.45, 7) is 7.73. The first-order chi connectivity index (χ1) is 18.3. The van der Waals surface area contributed by atoms with Crippen molar-refractivity contribution in [2.24, 2.45) is 0 Å². The van der Waals surface area contributed by atoms with Crippen LogP contribution in [-0.4, -0.2) is 91.4 Å². The van der Waals surface area contributed by atoms with Gasteiger partial charge in [0.25, 0.3) is 0 Å². The summed E-state index contributed by atoms with van der Waals surface area (Å²) in [4.78, 5) is 12.2. The van der Waals surface area contributed by atoms with Crippen LogP contribution in [0.2, 0.25) is 0 Å². The number of esters is 1. The maximum Gasteiger partial charge on any atom is 0.305 e. The maximum absolute atomic E-state index is 12.2. The van der Waals surface area contributed by atoms with Crippen LogP contribution in [0.3, 0.4) is 0 Å². The van der Waals surface area contributed by atoms with Gasteiger partial charge in [0.15, 0.2) is 0 Å². The normalized spacial score (nSPS) is 19.6. The second-order valence-electron chi connectivity index (χ2n) is 9.69. The Morgan fingerprint density at radius 1 is 0.568 bits per heavy atom. The van der Waals surface area contributed by atoms with Crippen molar-refractivity contribution in [3.8, 4) is 0 Å². The van der Waals surface area contributed by atoms with E-state index in [4.69, 9.17) is 33.2 Å². The zero-order valence-electron chi connectivity index (χ0n) is 23.7. The summed E-state index contributed by atoms with van der Waals surface area (Å²) in [6.07, 6.45) is 16.9. The van der Waals surface area contributed by atoms with Crippen LogP contribution in [0.15, 0.2) is 0 Å². The van der Waals surface area contributed by atoms with Gasteiger partial charge in [-0.1, -0.05) is 84.0 Å². The Kier molecular flexibility index (Phi) is 26.2. The van der Waals surface area contributed by atoms with Gasteiger partial charge in [0.2, 0.25) is 0 Å². The molecule has 0 spiro atoms. The third-order valence-electron chi connectivity index (χ3n) is 6.29. The number of rotatable bonds is 16. The molecule has 1 aliphatic rings. The summed E-state index contributed by atoms with van der Waals surface area (Å²) in [5.74, 6) is -0.164. The standard InChI is InChI=1S/C29H56O8/c1-2-3-4-5-6-7-8-9-10-11-12-13-14-15-29(30)37-27-28-26-35-23-22-33-19-18-31-16-17-32-20-21-34-24-25-36-28/h28H,2-27H2,1H3. The zero-order valence-corrected chi connectivity index (χ0v) is 23.7. The Morgan fingerprint density at radius 3 is 1.46 bits per heavy atom. The molecule has 0 N–H and O–H groups in total. The quantitative estimate of drug-likeness (QED) is 0.191. The van der Waals surface area contributed by atoms with E-state index in [2.05, 4.69) is 6.92 Å². The van der Waals surface area contributed by atoms with Gasteiger partial charge in [-0.3, -0.25) is 4.79 Å². The molecule has 0 saturated carbocycles. The summed E-state index contributed by atoms with van der Waals surface area (Å²) in [5.41, 5.74) is 0. The number of unbranched alkanes of at least 4 members (excludes halogenated alkanes) is 12. The van der Waals surface area contributed by atoms with Gasteiger partial charge >= 0.3 is 5.97 Å². The Hall–Kier alpha value is -0.770. The van der Waals surface area contributed by atoms with E-state index >= 15 is 0 Å². The molecular formula is C29H56O8. The molecule has 0 aromatic heterocycles. The Labute approximate surface area is 226 Å². The van der Waals surface area contributed by atoms with E-state index in [1.165, 1.54) is 70.6 Å². The van der Waals surface area contributed by atoms with Gasteiger partial charge in [0, 0.05) is 6.42 Å². The van der Waals surface area contributed by atoms with Crippen LogP contribution >= 0.6 is 0 Å². The average Bonchev–Trinajstić information content (AvgIpc) is 2.90. The molecule has 1 aliphatic heterocycles. The first-order valence-corrected chi connectivity index (χ1v) is 15.0.